The molecule has 17 heavy (non-hydrogen) atoms. The van der Waals surface area contributed by atoms with Crippen molar-refractivity contribution in [2.24, 2.45) is 0 Å². The Bertz CT molecular complexity index is 451. The van der Waals surface area contributed by atoms with E-state index in [0.717, 1.165) is 29.5 Å². The molecule has 0 amide bonds. The van der Waals surface area contributed by atoms with Crippen LogP contribution in [-0.2, 0) is 6.42 Å². The van der Waals surface area contributed by atoms with E-state index in [-0.39, 0.29) is 0 Å². The van der Waals surface area contributed by atoms with Gasteiger partial charge in [0.15, 0.2) is 5.13 Å². The number of benzene rings is 1. The van der Waals surface area contributed by atoms with Crippen LogP contribution in [0.3, 0.4) is 0 Å². The lowest BCUT2D eigenvalue weighted by Gasteiger charge is -2.06. The van der Waals surface area contributed by atoms with Crippen molar-refractivity contribution in [1.82, 2.24) is 4.98 Å². The fourth-order valence-corrected chi connectivity index (χ4v) is 2.30. The Balaban J connectivity index is 1.82. The van der Waals surface area contributed by atoms with Crippen LogP contribution in [0, 0.1) is 0 Å². The van der Waals surface area contributed by atoms with Crippen molar-refractivity contribution in [2.45, 2.75) is 6.42 Å². The maximum absolute atomic E-state index is 4.55. The molecule has 0 atom stereocenters. The van der Waals surface area contributed by atoms with E-state index in [4.69, 9.17) is 0 Å². The van der Waals surface area contributed by atoms with E-state index in [1.807, 2.05) is 37.2 Å². The number of nitrogens with one attached hydrogen (secondary N) is 1. The zero-order valence-corrected chi connectivity index (χ0v) is 11.0. The summed E-state index contributed by atoms with van der Waals surface area (Å²) in [5.41, 5.74) is 2.32. The lowest BCUT2D eigenvalue weighted by molar-refractivity contribution is 0.965. The second-order valence-corrected chi connectivity index (χ2v) is 4.90. The second-order valence-electron chi connectivity index (χ2n) is 4.06. The first kappa shape index (κ1) is 11.9. The fourth-order valence-electron chi connectivity index (χ4n) is 1.51. The summed E-state index contributed by atoms with van der Waals surface area (Å²) in [4.78, 5) is 6.59. The lowest BCUT2D eigenvalue weighted by Crippen LogP contribution is -2.09. The minimum atomic E-state index is 0.917. The summed E-state index contributed by atoms with van der Waals surface area (Å²) in [6.45, 7) is 0.917. The van der Waals surface area contributed by atoms with Crippen LogP contribution in [-0.4, -0.2) is 25.6 Å². The van der Waals surface area contributed by atoms with Gasteiger partial charge in [-0.1, -0.05) is 18.2 Å². The highest BCUT2D eigenvalue weighted by Gasteiger charge is 2.02. The second kappa shape index (κ2) is 5.68. The van der Waals surface area contributed by atoms with E-state index in [2.05, 4.69) is 27.8 Å². The summed E-state index contributed by atoms with van der Waals surface area (Å²) in [7, 11) is 4.04. The number of aromatic nitrogens is 1. The van der Waals surface area contributed by atoms with Gasteiger partial charge in [-0.3, -0.25) is 0 Å². The molecule has 1 aromatic carbocycles. The molecule has 0 aliphatic carbocycles. The van der Waals surface area contributed by atoms with Gasteiger partial charge in [0.25, 0.3) is 0 Å². The predicted molar refractivity (Wildman–Crippen MR) is 75.1 cm³/mol. The molecule has 0 radical (unpaired) electrons. The van der Waals surface area contributed by atoms with Gasteiger partial charge in [-0.15, -0.1) is 11.3 Å². The maximum atomic E-state index is 4.55. The van der Waals surface area contributed by atoms with E-state index in [1.54, 1.807) is 11.3 Å². The van der Waals surface area contributed by atoms with Gasteiger partial charge in [-0.05, 0) is 12.1 Å². The number of anilines is 2. The largest absolute Gasteiger partial charge is 0.385 e. The number of para-hydroxylation sites is 1. The van der Waals surface area contributed by atoms with Gasteiger partial charge in [0.1, 0.15) is 0 Å². The zero-order valence-electron chi connectivity index (χ0n) is 10.2. The SMILES string of the molecule is CN(C)c1nc(CCNc2ccccc2)cs1. The third kappa shape index (κ3) is 3.46. The van der Waals surface area contributed by atoms with Crippen LogP contribution in [0.15, 0.2) is 35.7 Å². The van der Waals surface area contributed by atoms with Crippen molar-refractivity contribution in [3.05, 3.63) is 41.4 Å². The molecule has 2 aromatic rings. The van der Waals surface area contributed by atoms with Gasteiger partial charge in [0.2, 0.25) is 0 Å². The van der Waals surface area contributed by atoms with Gasteiger partial charge in [0.05, 0.1) is 5.69 Å². The van der Waals surface area contributed by atoms with Crippen molar-refractivity contribution in [3.63, 3.8) is 0 Å². The Morgan fingerprint density at radius 1 is 1.24 bits per heavy atom. The van der Waals surface area contributed by atoms with Gasteiger partial charge in [-0.2, -0.15) is 0 Å². The Kier molecular flexibility index (Phi) is 3.98. The zero-order chi connectivity index (χ0) is 12.1. The van der Waals surface area contributed by atoms with Crippen molar-refractivity contribution in [1.29, 1.82) is 0 Å². The summed E-state index contributed by atoms with van der Waals surface area (Å²) >= 11 is 1.69. The standard InChI is InChI=1S/C13H17N3S/c1-16(2)13-15-12(10-17-13)8-9-14-11-6-4-3-5-7-11/h3-7,10,14H,8-9H2,1-2H3. The Labute approximate surface area is 106 Å². The van der Waals surface area contributed by atoms with E-state index < -0.39 is 0 Å². The van der Waals surface area contributed by atoms with Gasteiger partial charge >= 0.3 is 0 Å². The molecule has 0 aliphatic rings. The van der Waals surface area contributed by atoms with Crippen LogP contribution in [0.4, 0.5) is 10.8 Å². The molecule has 1 aromatic heterocycles. The van der Waals surface area contributed by atoms with E-state index in [0.29, 0.717) is 0 Å². The number of nitrogens with zero attached hydrogens (tertiary/aromatic N) is 2. The summed E-state index contributed by atoms with van der Waals surface area (Å²) in [6.07, 6.45) is 0.958. The Morgan fingerprint density at radius 3 is 2.65 bits per heavy atom. The molecule has 0 fully saturated rings. The molecule has 0 saturated carbocycles. The first-order chi connectivity index (χ1) is 8.25. The highest BCUT2D eigenvalue weighted by molar-refractivity contribution is 7.13. The van der Waals surface area contributed by atoms with Crippen LogP contribution in [0.5, 0.6) is 0 Å². The number of thiazole rings is 1. The van der Waals surface area contributed by atoms with Crippen LogP contribution in [0.2, 0.25) is 0 Å². The smallest absolute Gasteiger partial charge is 0.184 e. The molecule has 0 saturated heterocycles. The molecular formula is C13H17N3S. The molecule has 90 valence electrons. The first-order valence-corrected chi connectivity index (χ1v) is 6.54. The van der Waals surface area contributed by atoms with E-state index in [9.17, 15) is 0 Å². The van der Waals surface area contributed by atoms with Crippen molar-refractivity contribution >= 4 is 22.2 Å². The van der Waals surface area contributed by atoms with Crippen LogP contribution >= 0.6 is 11.3 Å². The van der Waals surface area contributed by atoms with Crippen molar-refractivity contribution in [3.8, 4) is 0 Å². The summed E-state index contributed by atoms with van der Waals surface area (Å²) in [5, 5.41) is 6.58. The molecule has 2 rings (SSSR count). The average molecular weight is 247 g/mol. The van der Waals surface area contributed by atoms with Crippen molar-refractivity contribution in [2.75, 3.05) is 30.9 Å². The summed E-state index contributed by atoms with van der Waals surface area (Å²) in [6, 6.07) is 10.2. The molecule has 4 heteroatoms. The summed E-state index contributed by atoms with van der Waals surface area (Å²) in [5.74, 6) is 0. The number of hydrogen-bond donors (Lipinski definition) is 1. The first-order valence-electron chi connectivity index (χ1n) is 5.66. The van der Waals surface area contributed by atoms with Crippen molar-refractivity contribution < 1.29 is 0 Å². The van der Waals surface area contributed by atoms with Crippen LogP contribution in [0.1, 0.15) is 5.69 Å². The van der Waals surface area contributed by atoms with E-state index >= 15 is 0 Å². The van der Waals surface area contributed by atoms with Gasteiger partial charge < -0.3 is 10.2 Å². The normalized spacial score (nSPS) is 10.2. The molecule has 1 N–H and O–H groups in total. The molecule has 0 bridgehead atoms. The quantitative estimate of drug-likeness (QED) is 0.880. The highest BCUT2D eigenvalue weighted by atomic mass is 32.1. The molecule has 0 spiro atoms. The summed E-state index contributed by atoms with van der Waals surface area (Å²) < 4.78 is 0. The minimum Gasteiger partial charge on any atom is -0.385 e. The van der Waals surface area contributed by atoms with E-state index in [1.165, 1.54) is 0 Å². The monoisotopic (exact) mass is 247 g/mol. The fraction of sp³-hybridized carbons (Fsp3) is 0.308. The topological polar surface area (TPSA) is 28.2 Å². The average Bonchev–Trinajstić information content (AvgIpc) is 2.79. The Morgan fingerprint density at radius 2 is 2.00 bits per heavy atom. The number of hydrogen-bond acceptors (Lipinski definition) is 4. The molecule has 0 unspecified atom stereocenters. The third-order valence-corrected chi connectivity index (χ3v) is 3.46. The van der Waals surface area contributed by atoms with Gasteiger partial charge in [0, 0.05) is 38.1 Å². The molecular weight excluding hydrogens is 230 g/mol. The molecule has 1 heterocycles. The third-order valence-electron chi connectivity index (χ3n) is 2.41. The Hall–Kier alpha value is -1.55. The maximum Gasteiger partial charge on any atom is 0.184 e. The minimum absolute atomic E-state index is 0.917. The van der Waals surface area contributed by atoms with Gasteiger partial charge in [-0.25, -0.2) is 4.98 Å². The lowest BCUT2D eigenvalue weighted by atomic mass is 10.3. The van der Waals surface area contributed by atoms with Crippen LogP contribution < -0.4 is 10.2 Å². The molecule has 3 nitrogen and oxygen atoms in total. The van der Waals surface area contributed by atoms with Crippen LogP contribution in [0.25, 0.3) is 0 Å². The highest BCUT2D eigenvalue weighted by Crippen LogP contribution is 2.18. The predicted octanol–water partition coefficient (Wildman–Crippen LogP) is 2.86. The number of rotatable bonds is 5. The molecule has 0 aliphatic heterocycles.